The van der Waals surface area contributed by atoms with Crippen LogP contribution in [0, 0.1) is 11.3 Å². The third kappa shape index (κ3) is 4.32. The van der Waals surface area contributed by atoms with E-state index in [0.717, 1.165) is 50.2 Å². The number of hydrogen-bond acceptors (Lipinski definition) is 6. The fourth-order valence-electron chi connectivity index (χ4n) is 4.49. The van der Waals surface area contributed by atoms with Gasteiger partial charge in [0.2, 0.25) is 0 Å². The highest BCUT2D eigenvalue weighted by atomic mass is 32.1. The number of fused-ring (bicyclic) bond motifs is 1. The first-order valence-corrected chi connectivity index (χ1v) is 12.2. The van der Waals surface area contributed by atoms with E-state index in [0.29, 0.717) is 12.2 Å². The Morgan fingerprint density at radius 1 is 1.11 bits per heavy atom. The SMILES string of the molecule is CCC(OC)(c1cccc(OCc2ccc3c(-c4ccoc4)cc(C#N)cc3c2)c1)c1nccs1. The van der Waals surface area contributed by atoms with E-state index in [2.05, 4.69) is 42.2 Å². The second-order valence-corrected chi connectivity index (χ2v) is 9.14. The van der Waals surface area contributed by atoms with Crippen molar-refractivity contribution >= 4 is 22.1 Å². The number of ether oxygens (including phenoxy) is 2. The van der Waals surface area contributed by atoms with Gasteiger partial charge in [-0.25, -0.2) is 4.98 Å². The minimum Gasteiger partial charge on any atom is -0.489 e. The summed E-state index contributed by atoms with van der Waals surface area (Å²) in [7, 11) is 1.72. The molecule has 0 radical (unpaired) electrons. The molecule has 0 aliphatic rings. The maximum Gasteiger partial charge on any atom is 0.144 e. The molecule has 5 rings (SSSR count). The zero-order valence-electron chi connectivity index (χ0n) is 19.5. The molecule has 0 aliphatic carbocycles. The molecule has 2 aromatic heterocycles. The van der Waals surface area contributed by atoms with Gasteiger partial charge in [0.05, 0.1) is 24.2 Å². The van der Waals surface area contributed by atoms with Gasteiger partial charge in [0.1, 0.15) is 23.0 Å². The lowest BCUT2D eigenvalue weighted by Crippen LogP contribution is -2.29. The second kappa shape index (κ2) is 9.75. The summed E-state index contributed by atoms with van der Waals surface area (Å²) in [4.78, 5) is 4.52. The zero-order chi connectivity index (χ0) is 24.3. The number of methoxy groups -OCH3 is 1. The van der Waals surface area contributed by atoms with Crippen LogP contribution in [-0.2, 0) is 16.9 Å². The Kier molecular flexibility index (Phi) is 6.37. The third-order valence-electron chi connectivity index (χ3n) is 6.31. The summed E-state index contributed by atoms with van der Waals surface area (Å²) in [5, 5.41) is 14.5. The van der Waals surface area contributed by atoms with Gasteiger partial charge in [-0.1, -0.05) is 31.2 Å². The van der Waals surface area contributed by atoms with Crippen molar-refractivity contribution in [2.75, 3.05) is 7.11 Å². The van der Waals surface area contributed by atoms with Gasteiger partial charge in [-0.2, -0.15) is 5.26 Å². The van der Waals surface area contributed by atoms with E-state index in [1.807, 2.05) is 41.8 Å². The fourth-order valence-corrected chi connectivity index (χ4v) is 5.39. The Bertz CT molecular complexity index is 1480. The monoisotopic (exact) mass is 480 g/mol. The van der Waals surface area contributed by atoms with E-state index in [1.165, 1.54) is 0 Å². The lowest BCUT2D eigenvalue weighted by Gasteiger charge is -2.30. The molecule has 0 amide bonds. The Morgan fingerprint density at radius 2 is 2.03 bits per heavy atom. The molecule has 3 aromatic carbocycles. The minimum absolute atomic E-state index is 0.403. The Morgan fingerprint density at radius 3 is 2.74 bits per heavy atom. The van der Waals surface area contributed by atoms with Crippen LogP contribution in [0.1, 0.15) is 35.0 Å². The Hall–Kier alpha value is -3.92. The van der Waals surface area contributed by atoms with Crippen LogP contribution in [-0.4, -0.2) is 12.1 Å². The predicted octanol–water partition coefficient (Wildman–Crippen LogP) is 7.31. The number of rotatable bonds is 8. The van der Waals surface area contributed by atoms with Crippen molar-refractivity contribution < 1.29 is 13.9 Å². The molecule has 0 fully saturated rings. The maximum absolute atomic E-state index is 9.53. The van der Waals surface area contributed by atoms with E-state index >= 15 is 0 Å². The summed E-state index contributed by atoms with van der Waals surface area (Å²) >= 11 is 1.59. The van der Waals surface area contributed by atoms with Gasteiger partial charge in [-0.15, -0.1) is 11.3 Å². The predicted molar refractivity (Wildman–Crippen MR) is 137 cm³/mol. The topological polar surface area (TPSA) is 68.3 Å². The van der Waals surface area contributed by atoms with Gasteiger partial charge in [0.15, 0.2) is 0 Å². The number of nitrogens with zero attached hydrogens (tertiary/aromatic N) is 2. The lowest BCUT2D eigenvalue weighted by atomic mass is 9.91. The molecular formula is C29H24N2O3S. The van der Waals surface area contributed by atoms with Crippen LogP contribution < -0.4 is 4.74 Å². The molecule has 174 valence electrons. The second-order valence-electron chi connectivity index (χ2n) is 8.24. The van der Waals surface area contributed by atoms with Crippen molar-refractivity contribution in [1.29, 1.82) is 5.26 Å². The van der Waals surface area contributed by atoms with E-state index in [-0.39, 0.29) is 0 Å². The number of thiazole rings is 1. The van der Waals surface area contributed by atoms with Crippen molar-refractivity contribution in [2.24, 2.45) is 0 Å². The molecule has 5 nitrogen and oxygen atoms in total. The summed E-state index contributed by atoms with van der Waals surface area (Å²) in [5.41, 5.74) is 3.96. The van der Waals surface area contributed by atoms with E-state index in [4.69, 9.17) is 13.9 Å². The Balaban J connectivity index is 1.43. The van der Waals surface area contributed by atoms with Crippen LogP contribution in [0.4, 0.5) is 0 Å². The molecule has 2 heterocycles. The van der Waals surface area contributed by atoms with E-state index in [9.17, 15) is 5.26 Å². The van der Waals surface area contributed by atoms with Crippen LogP contribution in [0.25, 0.3) is 21.9 Å². The smallest absolute Gasteiger partial charge is 0.144 e. The van der Waals surface area contributed by atoms with E-state index in [1.54, 1.807) is 37.2 Å². The summed E-state index contributed by atoms with van der Waals surface area (Å²) in [6.07, 6.45) is 5.90. The number of furan rings is 1. The largest absolute Gasteiger partial charge is 0.489 e. The molecule has 0 spiro atoms. The average molecular weight is 481 g/mol. The van der Waals surface area contributed by atoms with Crippen molar-refractivity contribution in [3.8, 4) is 22.9 Å². The lowest BCUT2D eigenvalue weighted by molar-refractivity contribution is 0.0182. The summed E-state index contributed by atoms with van der Waals surface area (Å²) in [5.74, 6) is 0.763. The first-order chi connectivity index (χ1) is 17.2. The molecule has 1 unspecified atom stereocenters. The highest BCUT2D eigenvalue weighted by molar-refractivity contribution is 7.09. The molecule has 1 atom stereocenters. The van der Waals surface area contributed by atoms with Gasteiger partial charge in [0.25, 0.3) is 0 Å². The maximum atomic E-state index is 9.53. The minimum atomic E-state index is -0.604. The zero-order valence-corrected chi connectivity index (χ0v) is 20.3. The molecule has 5 aromatic rings. The molecule has 0 saturated heterocycles. The van der Waals surface area contributed by atoms with Crippen LogP contribution in [0.5, 0.6) is 5.75 Å². The number of hydrogen-bond donors (Lipinski definition) is 0. The summed E-state index contributed by atoms with van der Waals surface area (Å²) in [6.45, 7) is 2.50. The number of aromatic nitrogens is 1. The highest BCUT2D eigenvalue weighted by Crippen LogP contribution is 2.39. The average Bonchev–Trinajstić information content (AvgIpc) is 3.63. The van der Waals surface area contributed by atoms with Crippen molar-refractivity contribution in [3.05, 3.63) is 106 Å². The number of nitriles is 1. The van der Waals surface area contributed by atoms with Gasteiger partial charge >= 0.3 is 0 Å². The standard InChI is InChI=1S/C29H24N2O3S/c1-3-29(32-2,28-31-10-12-35-28)24-5-4-6-25(16-24)34-18-20-7-8-26-23(13-20)14-21(17-30)15-27(26)22-9-11-33-19-22/h4-16,19H,3,18H2,1-2H3. The normalized spacial score (nSPS) is 12.8. The summed E-state index contributed by atoms with van der Waals surface area (Å²) in [6, 6.07) is 22.2. The van der Waals surface area contributed by atoms with Gasteiger partial charge < -0.3 is 13.9 Å². The highest BCUT2D eigenvalue weighted by Gasteiger charge is 2.35. The molecule has 6 heteroatoms. The molecule has 35 heavy (non-hydrogen) atoms. The van der Waals surface area contributed by atoms with Gasteiger partial charge in [-0.05, 0) is 70.3 Å². The Labute approximate surface area is 208 Å². The first kappa shape index (κ1) is 22.9. The molecular weight excluding hydrogens is 456 g/mol. The molecule has 0 aliphatic heterocycles. The molecule has 0 bridgehead atoms. The number of benzene rings is 3. The fraction of sp³-hybridized carbons (Fsp3) is 0.172. The van der Waals surface area contributed by atoms with Crippen molar-refractivity contribution in [2.45, 2.75) is 25.6 Å². The van der Waals surface area contributed by atoms with Crippen LogP contribution in [0.15, 0.2) is 89.2 Å². The van der Waals surface area contributed by atoms with Gasteiger partial charge in [0, 0.05) is 24.3 Å². The summed E-state index contributed by atoms with van der Waals surface area (Å²) < 4.78 is 17.5. The van der Waals surface area contributed by atoms with Crippen LogP contribution >= 0.6 is 11.3 Å². The van der Waals surface area contributed by atoms with Crippen molar-refractivity contribution in [3.63, 3.8) is 0 Å². The molecule has 0 saturated carbocycles. The van der Waals surface area contributed by atoms with E-state index < -0.39 is 5.60 Å². The quantitative estimate of drug-likeness (QED) is 0.233. The first-order valence-electron chi connectivity index (χ1n) is 11.3. The van der Waals surface area contributed by atoms with Crippen LogP contribution in [0.2, 0.25) is 0 Å². The van der Waals surface area contributed by atoms with Crippen molar-refractivity contribution in [1.82, 2.24) is 4.98 Å². The third-order valence-corrected chi connectivity index (χ3v) is 7.22. The van der Waals surface area contributed by atoms with Gasteiger partial charge in [-0.3, -0.25) is 0 Å². The molecule has 0 N–H and O–H groups in total. The van der Waals surface area contributed by atoms with Crippen LogP contribution in [0.3, 0.4) is 0 Å².